The zero-order valence-corrected chi connectivity index (χ0v) is 10.9. The number of anilines is 1. The van der Waals surface area contributed by atoms with E-state index in [1.807, 2.05) is 12.1 Å². The number of nitrogens with zero attached hydrogens (tertiary/aromatic N) is 1. The molecule has 1 heterocycles. The van der Waals surface area contributed by atoms with Crippen molar-refractivity contribution in [2.24, 2.45) is 5.92 Å². The number of hydrogen-bond donors (Lipinski definition) is 2. The summed E-state index contributed by atoms with van der Waals surface area (Å²) in [5, 5.41) is 12.4. The van der Waals surface area contributed by atoms with E-state index in [1.165, 1.54) is 0 Å². The Morgan fingerprint density at radius 2 is 2.28 bits per heavy atom. The predicted molar refractivity (Wildman–Crippen MR) is 72.2 cm³/mol. The molecule has 1 atom stereocenters. The van der Waals surface area contributed by atoms with E-state index < -0.39 is 5.97 Å². The predicted octanol–water partition coefficient (Wildman–Crippen LogP) is 1.82. The largest absolute Gasteiger partial charge is 0.478 e. The smallest absolute Gasteiger partial charge is 0.335 e. The summed E-state index contributed by atoms with van der Waals surface area (Å²) in [6.07, 6.45) is 0. The van der Waals surface area contributed by atoms with Crippen molar-refractivity contribution in [3.8, 4) is 0 Å². The normalized spacial score (nSPS) is 20.2. The van der Waals surface area contributed by atoms with Crippen molar-refractivity contribution in [1.82, 2.24) is 5.32 Å². The third kappa shape index (κ3) is 2.64. The van der Waals surface area contributed by atoms with E-state index in [2.05, 4.69) is 24.1 Å². The number of carboxylic acid groups (broad SMARTS) is 1. The number of carbonyl (C=O) groups is 1. The van der Waals surface area contributed by atoms with Gasteiger partial charge in [-0.25, -0.2) is 4.79 Å². The molecule has 2 N–H and O–H groups in total. The van der Waals surface area contributed by atoms with Gasteiger partial charge in [0.15, 0.2) is 0 Å². The molecule has 0 saturated carbocycles. The number of benzene rings is 1. The van der Waals surface area contributed by atoms with Gasteiger partial charge in [0.25, 0.3) is 0 Å². The topological polar surface area (TPSA) is 52.6 Å². The summed E-state index contributed by atoms with van der Waals surface area (Å²) in [7, 11) is 0. The number of aromatic carboxylic acids is 1. The summed E-state index contributed by atoms with van der Waals surface area (Å²) in [5.41, 5.74) is 1.36. The molecule has 2 rings (SSSR count). The number of carboxylic acids is 1. The first-order valence-corrected chi connectivity index (χ1v) is 6.40. The van der Waals surface area contributed by atoms with Crippen molar-refractivity contribution in [2.75, 3.05) is 24.5 Å². The molecule has 1 aromatic rings. The van der Waals surface area contributed by atoms with Crippen LogP contribution in [0.1, 0.15) is 24.2 Å². The molecule has 0 spiro atoms. The second-order valence-corrected chi connectivity index (χ2v) is 5.06. The highest BCUT2D eigenvalue weighted by atomic mass is 16.4. The van der Waals surface area contributed by atoms with E-state index in [-0.39, 0.29) is 0 Å². The van der Waals surface area contributed by atoms with E-state index in [0.717, 1.165) is 25.3 Å². The Kier molecular flexibility index (Phi) is 3.87. The van der Waals surface area contributed by atoms with Crippen molar-refractivity contribution in [1.29, 1.82) is 0 Å². The summed E-state index contributed by atoms with van der Waals surface area (Å²) in [6.45, 7) is 7.22. The molecule has 1 fully saturated rings. The maximum atomic E-state index is 11.0. The summed E-state index contributed by atoms with van der Waals surface area (Å²) >= 11 is 0. The number of nitrogens with one attached hydrogen (secondary N) is 1. The lowest BCUT2D eigenvalue weighted by Gasteiger charge is -2.40. The van der Waals surface area contributed by atoms with E-state index in [4.69, 9.17) is 5.11 Å². The van der Waals surface area contributed by atoms with Gasteiger partial charge >= 0.3 is 5.97 Å². The fourth-order valence-electron chi connectivity index (χ4n) is 2.46. The summed E-state index contributed by atoms with van der Waals surface area (Å²) in [5.74, 6) is -0.334. The summed E-state index contributed by atoms with van der Waals surface area (Å²) in [6, 6.07) is 7.63. The Bertz CT molecular complexity index is 432. The van der Waals surface area contributed by atoms with Gasteiger partial charge in [-0.15, -0.1) is 0 Å². The molecular formula is C14H20N2O2. The van der Waals surface area contributed by atoms with Crippen molar-refractivity contribution >= 4 is 11.7 Å². The monoisotopic (exact) mass is 248 g/mol. The molecule has 18 heavy (non-hydrogen) atoms. The van der Waals surface area contributed by atoms with Crippen LogP contribution in [0, 0.1) is 5.92 Å². The molecule has 0 aromatic heterocycles. The lowest BCUT2D eigenvalue weighted by Crippen LogP contribution is -2.53. The van der Waals surface area contributed by atoms with Gasteiger partial charge in [0, 0.05) is 31.4 Å². The minimum Gasteiger partial charge on any atom is -0.478 e. The molecule has 0 amide bonds. The van der Waals surface area contributed by atoms with Crippen molar-refractivity contribution < 1.29 is 9.90 Å². The molecule has 1 aliphatic rings. The van der Waals surface area contributed by atoms with Crippen LogP contribution in [-0.4, -0.2) is 36.8 Å². The maximum absolute atomic E-state index is 11.0. The Hall–Kier alpha value is -1.55. The van der Waals surface area contributed by atoms with Crippen molar-refractivity contribution in [2.45, 2.75) is 19.9 Å². The standard InChI is InChI=1S/C14H20N2O2/c1-10(2)13-9-15-6-7-16(13)12-5-3-4-11(8-12)14(17)18/h3-5,8,10,13,15H,6-7,9H2,1-2H3,(H,17,18)/t13-/m1/s1. The Morgan fingerprint density at radius 1 is 1.50 bits per heavy atom. The van der Waals surface area contributed by atoms with Crippen LogP contribution in [0.3, 0.4) is 0 Å². The minimum atomic E-state index is -0.868. The van der Waals surface area contributed by atoms with Crippen LogP contribution in [0.15, 0.2) is 24.3 Å². The first-order valence-electron chi connectivity index (χ1n) is 6.40. The van der Waals surface area contributed by atoms with Gasteiger partial charge < -0.3 is 15.3 Å². The molecule has 98 valence electrons. The fourth-order valence-corrected chi connectivity index (χ4v) is 2.46. The Balaban J connectivity index is 2.28. The third-order valence-corrected chi connectivity index (χ3v) is 3.48. The van der Waals surface area contributed by atoms with Crippen LogP contribution in [0.25, 0.3) is 0 Å². The average Bonchev–Trinajstić information content (AvgIpc) is 2.39. The molecule has 0 radical (unpaired) electrons. The number of rotatable bonds is 3. The van der Waals surface area contributed by atoms with Crippen LogP contribution in [0.4, 0.5) is 5.69 Å². The molecule has 1 aromatic carbocycles. The number of hydrogen-bond acceptors (Lipinski definition) is 3. The van der Waals surface area contributed by atoms with Crippen molar-refractivity contribution in [3.05, 3.63) is 29.8 Å². The summed E-state index contributed by atoms with van der Waals surface area (Å²) < 4.78 is 0. The first-order chi connectivity index (χ1) is 8.59. The summed E-state index contributed by atoms with van der Waals surface area (Å²) in [4.78, 5) is 13.3. The van der Waals surface area contributed by atoms with Crippen LogP contribution in [0.5, 0.6) is 0 Å². The van der Waals surface area contributed by atoms with Crippen LogP contribution >= 0.6 is 0 Å². The molecule has 4 heteroatoms. The van der Waals surface area contributed by atoms with Crippen LogP contribution in [-0.2, 0) is 0 Å². The molecule has 1 aliphatic heterocycles. The van der Waals surface area contributed by atoms with E-state index in [1.54, 1.807) is 12.1 Å². The lowest BCUT2D eigenvalue weighted by molar-refractivity contribution is 0.0697. The van der Waals surface area contributed by atoms with Crippen LogP contribution < -0.4 is 10.2 Å². The molecule has 4 nitrogen and oxygen atoms in total. The Labute approximate surface area is 108 Å². The molecular weight excluding hydrogens is 228 g/mol. The van der Waals surface area contributed by atoms with Crippen molar-refractivity contribution in [3.63, 3.8) is 0 Å². The van der Waals surface area contributed by atoms with Gasteiger partial charge in [0.05, 0.1) is 5.56 Å². The number of piperazine rings is 1. The molecule has 1 saturated heterocycles. The van der Waals surface area contributed by atoms with E-state index in [9.17, 15) is 4.79 Å². The SMILES string of the molecule is CC(C)[C@H]1CNCCN1c1cccc(C(=O)O)c1. The first kappa shape index (κ1) is 12.9. The highest BCUT2D eigenvalue weighted by Gasteiger charge is 2.25. The third-order valence-electron chi connectivity index (χ3n) is 3.48. The highest BCUT2D eigenvalue weighted by Crippen LogP contribution is 2.23. The highest BCUT2D eigenvalue weighted by molar-refractivity contribution is 5.88. The van der Waals surface area contributed by atoms with Gasteiger partial charge in [0.2, 0.25) is 0 Å². The second-order valence-electron chi connectivity index (χ2n) is 5.06. The van der Waals surface area contributed by atoms with E-state index in [0.29, 0.717) is 17.5 Å². The molecule has 0 bridgehead atoms. The van der Waals surface area contributed by atoms with Gasteiger partial charge in [-0.2, -0.15) is 0 Å². The van der Waals surface area contributed by atoms with Gasteiger partial charge in [-0.1, -0.05) is 19.9 Å². The lowest BCUT2D eigenvalue weighted by atomic mass is 9.99. The fraction of sp³-hybridized carbons (Fsp3) is 0.500. The average molecular weight is 248 g/mol. The zero-order chi connectivity index (χ0) is 13.1. The van der Waals surface area contributed by atoms with E-state index >= 15 is 0 Å². The quantitative estimate of drug-likeness (QED) is 0.856. The zero-order valence-electron chi connectivity index (χ0n) is 10.9. The minimum absolute atomic E-state index is 0.355. The second kappa shape index (κ2) is 5.40. The van der Waals surface area contributed by atoms with Crippen LogP contribution in [0.2, 0.25) is 0 Å². The van der Waals surface area contributed by atoms with Gasteiger partial charge in [0.1, 0.15) is 0 Å². The maximum Gasteiger partial charge on any atom is 0.335 e. The molecule has 0 aliphatic carbocycles. The van der Waals surface area contributed by atoms with Gasteiger partial charge in [-0.05, 0) is 24.1 Å². The Morgan fingerprint density at radius 3 is 2.94 bits per heavy atom. The van der Waals surface area contributed by atoms with Gasteiger partial charge in [-0.3, -0.25) is 0 Å². The molecule has 0 unspecified atom stereocenters.